The SMILES string of the molecule is Cc1cn(CCCC2CN(C(=O)OC(C)(C)C)C(C)(C)C2)nc1[S+](N)[O-]. The fraction of sp³-hybridized carbons (Fsp3) is 0.778. The van der Waals surface area contributed by atoms with Gasteiger partial charge in [-0.1, -0.05) is 0 Å². The minimum atomic E-state index is -1.55. The number of carbonyl (C=O) groups is 1. The van der Waals surface area contributed by atoms with E-state index in [9.17, 15) is 9.35 Å². The van der Waals surface area contributed by atoms with Crippen LogP contribution < -0.4 is 5.14 Å². The summed E-state index contributed by atoms with van der Waals surface area (Å²) in [4.78, 5) is 14.3. The van der Waals surface area contributed by atoms with E-state index in [1.807, 2.05) is 38.8 Å². The van der Waals surface area contributed by atoms with Gasteiger partial charge in [0.1, 0.15) is 5.60 Å². The van der Waals surface area contributed by atoms with Crippen molar-refractivity contribution in [3.05, 3.63) is 11.8 Å². The number of likely N-dealkylation sites (tertiary alicyclic amines) is 1. The monoisotopic (exact) mass is 384 g/mol. The first-order valence-electron chi connectivity index (χ1n) is 9.10. The molecule has 0 aliphatic carbocycles. The zero-order valence-corrected chi connectivity index (χ0v) is 17.6. The summed E-state index contributed by atoms with van der Waals surface area (Å²) >= 11 is -1.55. The van der Waals surface area contributed by atoms with Gasteiger partial charge >= 0.3 is 6.09 Å². The van der Waals surface area contributed by atoms with Crippen LogP contribution in [0, 0.1) is 12.8 Å². The Hall–Kier alpha value is -1.25. The minimum Gasteiger partial charge on any atom is -0.592 e. The van der Waals surface area contributed by atoms with E-state index in [2.05, 4.69) is 18.9 Å². The maximum atomic E-state index is 12.5. The average molecular weight is 385 g/mol. The highest BCUT2D eigenvalue weighted by atomic mass is 32.2. The molecule has 148 valence electrons. The Bertz CT molecular complexity index is 637. The summed E-state index contributed by atoms with van der Waals surface area (Å²) in [7, 11) is 0. The maximum absolute atomic E-state index is 12.5. The second-order valence-electron chi connectivity index (χ2n) is 8.79. The van der Waals surface area contributed by atoms with Gasteiger partial charge < -0.3 is 14.2 Å². The van der Waals surface area contributed by atoms with Crippen molar-refractivity contribution in [3.8, 4) is 0 Å². The highest BCUT2D eigenvalue weighted by Crippen LogP contribution is 2.36. The molecule has 2 unspecified atom stereocenters. The molecule has 8 heteroatoms. The Morgan fingerprint density at radius 2 is 2.15 bits per heavy atom. The summed E-state index contributed by atoms with van der Waals surface area (Å²) in [6.07, 6.45) is 4.56. The molecule has 7 nitrogen and oxygen atoms in total. The second kappa shape index (κ2) is 7.78. The first-order chi connectivity index (χ1) is 11.9. The van der Waals surface area contributed by atoms with Crippen molar-refractivity contribution < 1.29 is 14.1 Å². The van der Waals surface area contributed by atoms with Crippen LogP contribution in [0.25, 0.3) is 0 Å². The quantitative estimate of drug-likeness (QED) is 0.787. The molecule has 1 aromatic rings. The highest BCUT2D eigenvalue weighted by Gasteiger charge is 2.42. The number of nitrogens with zero attached hydrogens (tertiary/aromatic N) is 3. The van der Waals surface area contributed by atoms with Gasteiger partial charge in [-0.15, -0.1) is 10.2 Å². The number of hydrogen-bond donors (Lipinski definition) is 1. The summed E-state index contributed by atoms with van der Waals surface area (Å²) in [5.41, 5.74) is 0.173. The molecule has 0 saturated carbocycles. The molecule has 1 saturated heterocycles. The molecule has 1 fully saturated rings. The molecule has 1 aromatic heterocycles. The van der Waals surface area contributed by atoms with E-state index < -0.39 is 17.0 Å². The normalized spacial score (nSPS) is 21.1. The Labute approximate surface area is 159 Å². The van der Waals surface area contributed by atoms with Crippen LogP contribution in [0.3, 0.4) is 0 Å². The number of nitrogens with two attached hydrogens (primary N) is 1. The molecular weight excluding hydrogens is 352 g/mol. The number of rotatable bonds is 5. The van der Waals surface area contributed by atoms with Gasteiger partial charge in [0.2, 0.25) is 0 Å². The van der Waals surface area contributed by atoms with Crippen LogP contribution in [0.2, 0.25) is 0 Å². The van der Waals surface area contributed by atoms with Crippen LogP contribution in [0.5, 0.6) is 0 Å². The van der Waals surface area contributed by atoms with E-state index in [1.54, 1.807) is 4.68 Å². The third-order valence-corrected chi connectivity index (χ3v) is 5.45. The van der Waals surface area contributed by atoms with Crippen LogP contribution in [0.1, 0.15) is 59.4 Å². The van der Waals surface area contributed by atoms with Gasteiger partial charge in [0, 0.05) is 30.4 Å². The van der Waals surface area contributed by atoms with E-state index in [-0.39, 0.29) is 11.6 Å². The zero-order chi connectivity index (χ0) is 19.7. The molecule has 0 spiro atoms. The molecular formula is C18H32N4O3S. The fourth-order valence-corrected chi connectivity index (χ4v) is 4.13. The Balaban J connectivity index is 1.87. The molecule has 26 heavy (non-hydrogen) atoms. The molecule has 0 aromatic carbocycles. The lowest BCUT2D eigenvalue weighted by Gasteiger charge is -2.33. The van der Waals surface area contributed by atoms with Crippen molar-refractivity contribution in [1.29, 1.82) is 0 Å². The van der Waals surface area contributed by atoms with Crippen LogP contribution in [0.4, 0.5) is 4.79 Å². The predicted octanol–water partition coefficient (Wildman–Crippen LogP) is 2.99. The van der Waals surface area contributed by atoms with Gasteiger partial charge in [0.25, 0.3) is 5.03 Å². The van der Waals surface area contributed by atoms with E-state index in [4.69, 9.17) is 9.88 Å². The van der Waals surface area contributed by atoms with Gasteiger partial charge in [-0.3, -0.25) is 4.68 Å². The van der Waals surface area contributed by atoms with E-state index in [1.165, 1.54) is 0 Å². The second-order valence-corrected chi connectivity index (χ2v) is 9.78. The lowest BCUT2D eigenvalue weighted by atomic mass is 9.93. The smallest absolute Gasteiger partial charge is 0.410 e. The molecule has 1 aliphatic heterocycles. The molecule has 2 heterocycles. The number of carbonyl (C=O) groups excluding carboxylic acids is 1. The van der Waals surface area contributed by atoms with Crippen LogP contribution in [-0.4, -0.2) is 43.0 Å². The lowest BCUT2D eigenvalue weighted by molar-refractivity contribution is 0.0131. The van der Waals surface area contributed by atoms with Gasteiger partial charge in [0.05, 0.1) is 11.4 Å². The first kappa shape index (κ1) is 21.1. The van der Waals surface area contributed by atoms with Crippen molar-refractivity contribution in [2.75, 3.05) is 6.54 Å². The topological polar surface area (TPSA) is 96.4 Å². The van der Waals surface area contributed by atoms with E-state index >= 15 is 0 Å². The number of amides is 1. The number of aryl methyl sites for hydroxylation is 2. The summed E-state index contributed by atoms with van der Waals surface area (Å²) in [5.74, 6) is 0.442. The Morgan fingerprint density at radius 3 is 2.69 bits per heavy atom. The summed E-state index contributed by atoms with van der Waals surface area (Å²) in [5, 5.41) is 10.2. The van der Waals surface area contributed by atoms with Crippen molar-refractivity contribution in [3.63, 3.8) is 0 Å². The number of hydrogen-bond acceptors (Lipinski definition) is 5. The summed E-state index contributed by atoms with van der Waals surface area (Å²) in [6.45, 7) is 13.2. The Kier molecular flexibility index (Phi) is 6.30. The van der Waals surface area contributed by atoms with Crippen molar-refractivity contribution >= 4 is 17.5 Å². The predicted molar refractivity (Wildman–Crippen MR) is 102 cm³/mol. The van der Waals surface area contributed by atoms with Crippen molar-refractivity contribution in [2.45, 2.75) is 83.5 Å². The van der Waals surface area contributed by atoms with Crippen LogP contribution in [-0.2, 0) is 22.6 Å². The van der Waals surface area contributed by atoms with Gasteiger partial charge in [0.15, 0.2) is 0 Å². The molecule has 2 rings (SSSR count). The van der Waals surface area contributed by atoms with E-state index in [0.717, 1.165) is 37.9 Å². The van der Waals surface area contributed by atoms with Crippen molar-refractivity contribution in [2.24, 2.45) is 11.1 Å². The fourth-order valence-electron chi connectivity index (χ4n) is 3.58. The molecule has 2 atom stereocenters. The summed E-state index contributed by atoms with van der Waals surface area (Å²) in [6, 6.07) is 0. The lowest BCUT2D eigenvalue weighted by Crippen LogP contribution is -2.45. The minimum absolute atomic E-state index is 0.196. The molecule has 1 aliphatic rings. The number of ether oxygens (including phenoxy) is 1. The molecule has 0 radical (unpaired) electrons. The van der Waals surface area contributed by atoms with Crippen LogP contribution in [0.15, 0.2) is 11.2 Å². The number of aromatic nitrogens is 2. The highest BCUT2D eigenvalue weighted by molar-refractivity contribution is 7.89. The standard InChI is InChI=1S/C18H32N4O3S/c1-13-11-21(20-15(13)26(19)24)9-7-8-14-10-18(5,6)22(12-14)16(23)25-17(2,3)4/h11,14H,7-10,12,19H2,1-6H3. The summed E-state index contributed by atoms with van der Waals surface area (Å²) < 4.78 is 18.8. The largest absolute Gasteiger partial charge is 0.592 e. The first-order valence-corrected chi connectivity index (χ1v) is 10.3. The van der Waals surface area contributed by atoms with Gasteiger partial charge in [-0.25, -0.2) is 4.79 Å². The zero-order valence-electron chi connectivity index (χ0n) is 16.7. The van der Waals surface area contributed by atoms with Crippen LogP contribution >= 0.6 is 0 Å². The average Bonchev–Trinajstić information content (AvgIpc) is 2.96. The third kappa shape index (κ3) is 5.37. The van der Waals surface area contributed by atoms with Gasteiger partial charge in [-0.05, 0) is 66.7 Å². The van der Waals surface area contributed by atoms with Crippen molar-refractivity contribution in [1.82, 2.24) is 14.7 Å². The molecule has 1 amide bonds. The third-order valence-electron chi connectivity index (χ3n) is 4.66. The van der Waals surface area contributed by atoms with E-state index in [0.29, 0.717) is 10.9 Å². The van der Waals surface area contributed by atoms with Gasteiger partial charge in [-0.2, -0.15) is 0 Å². The maximum Gasteiger partial charge on any atom is 0.410 e. The molecule has 2 N–H and O–H groups in total. The Morgan fingerprint density at radius 1 is 1.50 bits per heavy atom. The molecule has 0 bridgehead atoms.